The molecule has 0 radical (unpaired) electrons. The molecule has 0 aliphatic carbocycles. The van der Waals surface area contributed by atoms with Gasteiger partial charge in [0.15, 0.2) is 0 Å². The molecule has 144 valence electrons. The van der Waals surface area contributed by atoms with Crippen LogP contribution in [0.4, 0.5) is 13.6 Å². The van der Waals surface area contributed by atoms with Crippen LogP contribution < -0.4 is 21.1 Å². The van der Waals surface area contributed by atoms with Crippen molar-refractivity contribution in [3.8, 4) is 5.75 Å². The van der Waals surface area contributed by atoms with Crippen molar-refractivity contribution in [3.63, 3.8) is 0 Å². The quantitative estimate of drug-likeness (QED) is 0.585. The number of ether oxygens (including phenoxy) is 1. The Bertz CT molecular complexity index is 788. The zero-order valence-electron chi connectivity index (χ0n) is 14.1. The molecule has 9 heteroatoms. The molecule has 0 fully saturated rings. The summed E-state index contributed by atoms with van der Waals surface area (Å²) in [5.74, 6) is -0.262. The Morgan fingerprint density at radius 1 is 1.15 bits per heavy atom. The Morgan fingerprint density at radius 3 is 2.44 bits per heavy atom. The molecule has 3 amide bonds. The molecule has 1 atom stereocenters. The van der Waals surface area contributed by atoms with Gasteiger partial charge in [-0.1, -0.05) is 40.2 Å². The molecule has 6 nitrogen and oxygen atoms in total. The normalized spacial score (nSPS) is 11.7. The third kappa shape index (κ3) is 7.22. The van der Waals surface area contributed by atoms with Gasteiger partial charge in [-0.2, -0.15) is 8.78 Å². The van der Waals surface area contributed by atoms with Crippen LogP contribution in [-0.2, 0) is 11.3 Å². The van der Waals surface area contributed by atoms with Crippen molar-refractivity contribution >= 4 is 27.9 Å². The maximum Gasteiger partial charge on any atom is 0.387 e. The van der Waals surface area contributed by atoms with Crippen molar-refractivity contribution in [1.82, 2.24) is 10.6 Å². The smallest absolute Gasteiger partial charge is 0.387 e. The van der Waals surface area contributed by atoms with E-state index in [1.807, 2.05) is 6.07 Å². The van der Waals surface area contributed by atoms with E-state index in [4.69, 9.17) is 5.73 Å². The van der Waals surface area contributed by atoms with Crippen molar-refractivity contribution < 1.29 is 23.1 Å². The fourth-order valence-corrected chi connectivity index (χ4v) is 2.81. The first-order valence-electron chi connectivity index (χ1n) is 7.95. The van der Waals surface area contributed by atoms with E-state index in [1.54, 1.807) is 30.3 Å². The number of amides is 3. The van der Waals surface area contributed by atoms with Crippen LogP contribution in [-0.4, -0.2) is 18.5 Å². The highest BCUT2D eigenvalue weighted by atomic mass is 79.9. The van der Waals surface area contributed by atoms with E-state index in [0.717, 1.165) is 10.0 Å². The minimum absolute atomic E-state index is 0.00797. The average Bonchev–Trinajstić information content (AvgIpc) is 2.60. The fourth-order valence-electron chi connectivity index (χ4n) is 2.39. The van der Waals surface area contributed by atoms with Gasteiger partial charge in [-0.3, -0.25) is 4.79 Å². The number of carbonyl (C=O) groups is 2. The molecule has 0 aliphatic rings. The van der Waals surface area contributed by atoms with Crippen LogP contribution in [0.1, 0.15) is 23.6 Å². The van der Waals surface area contributed by atoms with Gasteiger partial charge in [0, 0.05) is 11.0 Å². The summed E-state index contributed by atoms with van der Waals surface area (Å²) < 4.78 is 29.3. The summed E-state index contributed by atoms with van der Waals surface area (Å²) in [4.78, 5) is 23.5. The second kappa shape index (κ2) is 9.86. The second-order valence-electron chi connectivity index (χ2n) is 5.62. The van der Waals surface area contributed by atoms with E-state index in [2.05, 4.69) is 31.3 Å². The van der Waals surface area contributed by atoms with E-state index in [0.29, 0.717) is 5.56 Å². The number of carbonyl (C=O) groups excluding carboxylic acids is 2. The molecule has 0 aromatic heterocycles. The van der Waals surface area contributed by atoms with Gasteiger partial charge < -0.3 is 21.1 Å². The molecule has 4 N–H and O–H groups in total. The van der Waals surface area contributed by atoms with Gasteiger partial charge in [-0.15, -0.1) is 0 Å². The summed E-state index contributed by atoms with van der Waals surface area (Å²) in [6, 6.07) is 11.8. The number of alkyl halides is 2. The van der Waals surface area contributed by atoms with Crippen LogP contribution in [0.5, 0.6) is 5.75 Å². The van der Waals surface area contributed by atoms with Crippen LogP contribution in [0.3, 0.4) is 0 Å². The monoisotopic (exact) mass is 441 g/mol. The van der Waals surface area contributed by atoms with E-state index in [9.17, 15) is 18.4 Å². The summed E-state index contributed by atoms with van der Waals surface area (Å²) in [5.41, 5.74) is 6.64. The predicted octanol–water partition coefficient (Wildman–Crippen LogP) is 3.47. The summed E-state index contributed by atoms with van der Waals surface area (Å²) in [6.07, 6.45) is -0.00797. The van der Waals surface area contributed by atoms with Crippen molar-refractivity contribution in [3.05, 3.63) is 64.1 Å². The number of halogens is 3. The summed E-state index contributed by atoms with van der Waals surface area (Å²) in [7, 11) is 0. The number of hydrogen-bond acceptors (Lipinski definition) is 3. The lowest BCUT2D eigenvalue weighted by atomic mass is 10.0. The van der Waals surface area contributed by atoms with Crippen LogP contribution in [0, 0.1) is 0 Å². The third-order valence-corrected chi connectivity index (χ3v) is 4.09. The Labute approximate surface area is 163 Å². The van der Waals surface area contributed by atoms with Crippen molar-refractivity contribution in [1.29, 1.82) is 0 Å². The highest BCUT2D eigenvalue weighted by molar-refractivity contribution is 9.10. The summed E-state index contributed by atoms with van der Waals surface area (Å²) in [6.45, 7) is -2.68. The maximum absolute atomic E-state index is 12.2. The number of rotatable bonds is 8. The van der Waals surface area contributed by atoms with Crippen LogP contribution >= 0.6 is 15.9 Å². The van der Waals surface area contributed by atoms with E-state index in [-0.39, 0.29) is 24.6 Å². The predicted molar refractivity (Wildman–Crippen MR) is 99.1 cm³/mol. The molecule has 2 aromatic rings. The zero-order chi connectivity index (χ0) is 19.8. The second-order valence-corrected chi connectivity index (χ2v) is 6.54. The lowest BCUT2D eigenvalue weighted by molar-refractivity contribution is -0.121. The van der Waals surface area contributed by atoms with Gasteiger partial charge >= 0.3 is 12.6 Å². The average molecular weight is 442 g/mol. The molecule has 0 aliphatic heterocycles. The van der Waals surface area contributed by atoms with Crippen LogP contribution in [0.2, 0.25) is 0 Å². The number of benzene rings is 2. The molecule has 2 aromatic carbocycles. The lowest BCUT2D eigenvalue weighted by Crippen LogP contribution is -2.36. The molecule has 0 saturated carbocycles. The first-order chi connectivity index (χ1) is 12.8. The standard InChI is InChI=1S/C18H18BrF2N3O3/c19-13-3-1-2-12(8-13)15(24-18(22)26)9-16(25)23-10-11-4-6-14(7-5-11)27-17(20)21/h1-8,15,17H,9-10H2,(H,23,25)(H3,22,24,26)/t15-/m1/s1. The fraction of sp³-hybridized carbons (Fsp3) is 0.222. The van der Waals surface area contributed by atoms with Gasteiger partial charge in [0.2, 0.25) is 5.91 Å². The highest BCUT2D eigenvalue weighted by Crippen LogP contribution is 2.21. The largest absolute Gasteiger partial charge is 0.435 e. The van der Waals surface area contributed by atoms with Gasteiger partial charge in [0.1, 0.15) is 5.75 Å². The molecule has 0 bridgehead atoms. The number of hydrogen-bond donors (Lipinski definition) is 3. The number of urea groups is 1. The first-order valence-corrected chi connectivity index (χ1v) is 8.74. The number of nitrogens with two attached hydrogens (primary N) is 1. The van der Waals surface area contributed by atoms with Crippen LogP contribution in [0.25, 0.3) is 0 Å². The Hall–Kier alpha value is -2.68. The molecule has 0 saturated heterocycles. The summed E-state index contributed by atoms with van der Waals surface area (Å²) in [5, 5.41) is 5.26. The van der Waals surface area contributed by atoms with Gasteiger partial charge in [-0.05, 0) is 35.4 Å². The Balaban J connectivity index is 1.94. The zero-order valence-corrected chi connectivity index (χ0v) is 15.7. The van der Waals surface area contributed by atoms with E-state index in [1.165, 1.54) is 12.1 Å². The van der Waals surface area contributed by atoms with Gasteiger partial charge in [0.05, 0.1) is 12.5 Å². The molecule has 0 heterocycles. The molecular formula is C18H18BrF2N3O3. The minimum atomic E-state index is -2.89. The van der Waals surface area contributed by atoms with Crippen LogP contribution in [0.15, 0.2) is 53.0 Å². The van der Waals surface area contributed by atoms with Gasteiger partial charge in [-0.25, -0.2) is 4.79 Å². The van der Waals surface area contributed by atoms with Gasteiger partial charge in [0.25, 0.3) is 0 Å². The first kappa shape index (κ1) is 20.6. The van der Waals surface area contributed by atoms with E-state index >= 15 is 0 Å². The molecule has 27 heavy (non-hydrogen) atoms. The third-order valence-electron chi connectivity index (χ3n) is 3.60. The van der Waals surface area contributed by atoms with E-state index < -0.39 is 18.7 Å². The minimum Gasteiger partial charge on any atom is -0.435 e. The van der Waals surface area contributed by atoms with Crippen molar-refractivity contribution in [2.24, 2.45) is 5.73 Å². The Kier molecular flexibility index (Phi) is 7.54. The highest BCUT2D eigenvalue weighted by Gasteiger charge is 2.17. The number of primary amides is 1. The SMILES string of the molecule is NC(=O)N[C@H](CC(=O)NCc1ccc(OC(F)F)cc1)c1cccc(Br)c1. The Morgan fingerprint density at radius 2 is 1.85 bits per heavy atom. The lowest BCUT2D eigenvalue weighted by Gasteiger charge is -2.18. The maximum atomic E-state index is 12.2. The molecule has 2 rings (SSSR count). The van der Waals surface area contributed by atoms with Crippen molar-refractivity contribution in [2.75, 3.05) is 0 Å². The molecular weight excluding hydrogens is 424 g/mol. The number of nitrogens with one attached hydrogen (secondary N) is 2. The van der Waals surface area contributed by atoms with Crippen molar-refractivity contribution in [2.45, 2.75) is 25.6 Å². The topological polar surface area (TPSA) is 93.5 Å². The summed E-state index contributed by atoms with van der Waals surface area (Å²) >= 11 is 3.34. The molecule has 0 unspecified atom stereocenters. The molecule has 0 spiro atoms.